The van der Waals surface area contributed by atoms with Gasteiger partial charge in [0.05, 0.1) is 16.6 Å². The van der Waals surface area contributed by atoms with E-state index < -0.39 is 40.6 Å². The predicted octanol–water partition coefficient (Wildman–Crippen LogP) is 5.14. The van der Waals surface area contributed by atoms with Gasteiger partial charge in [-0.05, 0) is 54.1 Å². The van der Waals surface area contributed by atoms with Crippen molar-refractivity contribution in [1.82, 2.24) is 4.57 Å². The average molecular weight is 580 g/mol. The summed E-state index contributed by atoms with van der Waals surface area (Å²) in [5.41, 5.74) is 1.59. The number of rotatable bonds is 5. The monoisotopic (exact) mass is 579 g/mol. The van der Waals surface area contributed by atoms with Crippen LogP contribution in [0.5, 0.6) is 0 Å². The molecule has 39 heavy (non-hydrogen) atoms. The SMILES string of the molecule is O=C(Cn1c2c(sc1=O)[C@H](c1ccc(Cl)cc1)C1C(=O)N(c3ccc(F)cc3)C(=O)C1S2)Nc1ccccc1. The van der Waals surface area contributed by atoms with Crippen molar-refractivity contribution in [3.05, 3.63) is 110 Å². The van der Waals surface area contributed by atoms with Gasteiger partial charge in [0.25, 0.3) is 0 Å². The van der Waals surface area contributed by atoms with Crippen molar-refractivity contribution in [3.63, 3.8) is 0 Å². The molecule has 11 heteroatoms. The number of hydrogen-bond acceptors (Lipinski definition) is 6. The standard InChI is InChI=1S/C28H19ClFN3O4S2/c29-16-8-6-15(7-9-16)21-22-23(26(36)33(25(22)35)19-12-10-17(30)11-13-19)38-27-24(21)39-28(37)32(27)14-20(34)31-18-4-2-1-3-5-18/h1-13,21-23H,14H2,(H,31,34)/t21-,22?,23?/m1/s1. The van der Waals surface area contributed by atoms with E-state index in [0.29, 0.717) is 20.6 Å². The Kier molecular flexibility index (Phi) is 6.62. The number of hydrogen-bond donors (Lipinski definition) is 1. The Hall–Kier alpha value is -3.73. The highest BCUT2D eigenvalue weighted by Gasteiger charge is 2.56. The third-order valence-corrected chi connectivity index (χ3v) is 9.58. The van der Waals surface area contributed by atoms with Crippen LogP contribution in [0.4, 0.5) is 15.8 Å². The van der Waals surface area contributed by atoms with Crippen LogP contribution >= 0.6 is 34.7 Å². The number of thioether (sulfide) groups is 1. The van der Waals surface area contributed by atoms with Gasteiger partial charge in [-0.15, -0.1) is 0 Å². The molecule has 7 nitrogen and oxygen atoms in total. The first kappa shape index (κ1) is 25.5. The van der Waals surface area contributed by atoms with Crippen LogP contribution in [0, 0.1) is 11.7 Å². The largest absolute Gasteiger partial charge is 0.325 e. The van der Waals surface area contributed by atoms with E-state index in [0.717, 1.165) is 33.6 Å². The number of fused-ring (bicyclic) bond motifs is 2. The molecule has 1 aromatic heterocycles. The van der Waals surface area contributed by atoms with Crippen LogP contribution in [0.1, 0.15) is 16.4 Å². The Morgan fingerprint density at radius 2 is 1.62 bits per heavy atom. The van der Waals surface area contributed by atoms with Gasteiger partial charge in [-0.1, -0.05) is 65.0 Å². The zero-order chi connectivity index (χ0) is 27.3. The van der Waals surface area contributed by atoms with Crippen molar-refractivity contribution in [2.24, 2.45) is 5.92 Å². The van der Waals surface area contributed by atoms with Gasteiger partial charge in [0.15, 0.2) is 0 Å². The first-order valence-corrected chi connectivity index (χ1v) is 14.0. The van der Waals surface area contributed by atoms with Crippen LogP contribution in [0.3, 0.4) is 0 Å². The molecule has 3 heterocycles. The fourth-order valence-corrected chi connectivity index (χ4v) is 7.89. The van der Waals surface area contributed by atoms with Crippen molar-refractivity contribution >= 4 is 63.8 Å². The molecule has 2 unspecified atom stereocenters. The van der Waals surface area contributed by atoms with Crippen molar-refractivity contribution in [2.75, 3.05) is 10.2 Å². The Bertz CT molecular complexity index is 1660. The minimum Gasteiger partial charge on any atom is -0.325 e. The second-order valence-electron chi connectivity index (χ2n) is 9.12. The zero-order valence-electron chi connectivity index (χ0n) is 20.0. The van der Waals surface area contributed by atoms with E-state index in [4.69, 9.17) is 11.6 Å². The molecule has 196 valence electrons. The maximum atomic E-state index is 13.8. The van der Waals surface area contributed by atoms with E-state index in [1.54, 1.807) is 48.5 Å². The highest BCUT2D eigenvalue weighted by Crippen LogP contribution is 2.53. The molecule has 0 saturated carbocycles. The number of benzene rings is 3. The summed E-state index contributed by atoms with van der Waals surface area (Å²) >= 11 is 8.21. The number of thiazole rings is 1. The molecule has 0 radical (unpaired) electrons. The minimum atomic E-state index is -0.840. The van der Waals surface area contributed by atoms with Crippen molar-refractivity contribution in [3.8, 4) is 0 Å². The van der Waals surface area contributed by atoms with E-state index in [2.05, 4.69) is 5.32 Å². The third-order valence-electron chi connectivity index (χ3n) is 6.72. The number of amides is 3. The van der Waals surface area contributed by atoms with E-state index >= 15 is 0 Å². The molecule has 3 amide bonds. The van der Waals surface area contributed by atoms with E-state index in [9.17, 15) is 23.6 Å². The molecule has 1 N–H and O–H groups in total. The number of nitrogens with one attached hydrogen (secondary N) is 1. The minimum absolute atomic E-state index is 0.249. The third kappa shape index (κ3) is 4.58. The van der Waals surface area contributed by atoms with Gasteiger partial charge < -0.3 is 5.32 Å². The normalized spacial score (nSPS) is 20.1. The number of halogens is 2. The predicted molar refractivity (Wildman–Crippen MR) is 149 cm³/mol. The lowest BCUT2D eigenvalue weighted by Gasteiger charge is -2.30. The first-order chi connectivity index (χ1) is 18.8. The number of carbonyl (C=O) groups is 3. The van der Waals surface area contributed by atoms with Gasteiger partial charge in [0.2, 0.25) is 17.7 Å². The molecule has 4 aromatic rings. The van der Waals surface area contributed by atoms with Gasteiger partial charge in [-0.2, -0.15) is 0 Å². The molecule has 2 aliphatic rings. The van der Waals surface area contributed by atoms with Crippen LogP contribution in [0.2, 0.25) is 5.02 Å². The average Bonchev–Trinajstić information content (AvgIpc) is 3.36. The van der Waals surface area contributed by atoms with Gasteiger partial charge >= 0.3 is 4.87 Å². The number of carbonyl (C=O) groups excluding carboxylic acids is 3. The van der Waals surface area contributed by atoms with E-state index in [-0.39, 0.29) is 17.1 Å². The molecule has 3 atom stereocenters. The van der Waals surface area contributed by atoms with Crippen molar-refractivity contribution in [1.29, 1.82) is 0 Å². The molecule has 1 fully saturated rings. The fraction of sp³-hybridized carbons (Fsp3) is 0.143. The van der Waals surface area contributed by atoms with Crippen LogP contribution in [-0.2, 0) is 20.9 Å². The van der Waals surface area contributed by atoms with Gasteiger partial charge in [0.1, 0.15) is 17.6 Å². The number of nitrogens with zero attached hydrogens (tertiary/aromatic N) is 2. The lowest BCUT2D eigenvalue weighted by Crippen LogP contribution is -2.33. The summed E-state index contributed by atoms with van der Waals surface area (Å²) in [6, 6.07) is 21.0. The van der Waals surface area contributed by atoms with E-state index in [1.165, 1.54) is 28.8 Å². The molecule has 0 aliphatic carbocycles. The number of aromatic nitrogens is 1. The van der Waals surface area contributed by atoms with Crippen LogP contribution in [-0.4, -0.2) is 27.5 Å². The van der Waals surface area contributed by atoms with Crippen LogP contribution < -0.4 is 15.1 Å². The van der Waals surface area contributed by atoms with Gasteiger partial charge in [-0.3, -0.25) is 23.7 Å². The molecule has 6 rings (SSSR count). The second-order valence-corrected chi connectivity index (χ2v) is 11.7. The molecule has 0 spiro atoms. The molecule has 2 aliphatic heterocycles. The summed E-state index contributed by atoms with van der Waals surface area (Å²) in [5, 5.41) is 2.93. The fourth-order valence-electron chi connectivity index (χ4n) is 4.99. The molecule has 3 aromatic carbocycles. The summed E-state index contributed by atoms with van der Waals surface area (Å²) in [5.74, 6) is -3.17. The van der Waals surface area contributed by atoms with Crippen LogP contribution in [0.15, 0.2) is 88.7 Å². The van der Waals surface area contributed by atoms with Gasteiger partial charge in [-0.25, -0.2) is 9.29 Å². The summed E-state index contributed by atoms with van der Waals surface area (Å²) in [4.78, 5) is 54.8. The highest BCUT2D eigenvalue weighted by atomic mass is 35.5. The Morgan fingerprint density at radius 1 is 0.923 bits per heavy atom. The summed E-state index contributed by atoms with van der Waals surface area (Å²) in [6.45, 7) is -0.249. The maximum Gasteiger partial charge on any atom is 0.308 e. The second kappa shape index (κ2) is 10.1. The highest BCUT2D eigenvalue weighted by molar-refractivity contribution is 8.00. The number of imide groups is 1. The molecule has 1 saturated heterocycles. The van der Waals surface area contributed by atoms with E-state index in [1.807, 2.05) is 6.07 Å². The first-order valence-electron chi connectivity index (χ1n) is 12.0. The van der Waals surface area contributed by atoms with Gasteiger partial charge in [0, 0.05) is 21.5 Å². The smallest absolute Gasteiger partial charge is 0.308 e. The summed E-state index contributed by atoms with van der Waals surface area (Å²) < 4.78 is 14.9. The summed E-state index contributed by atoms with van der Waals surface area (Å²) in [6.07, 6.45) is 0. The Morgan fingerprint density at radius 3 is 2.31 bits per heavy atom. The topological polar surface area (TPSA) is 88.5 Å². The number of anilines is 2. The summed E-state index contributed by atoms with van der Waals surface area (Å²) in [7, 11) is 0. The molecule has 0 bridgehead atoms. The quantitative estimate of drug-likeness (QED) is 0.331. The molecular formula is C28H19ClFN3O4S2. The van der Waals surface area contributed by atoms with Crippen molar-refractivity contribution in [2.45, 2.75) is 22.7 Å². The lowest BCUT2D eigenvalue weighted by molar-refractivity contribution is -0.122. The number of para-hydroxylation sites is 1. The van der Waals surface area contributed by atoms with Crippen molar-refractivity contribution < 1.29 is 18.8 Å². The van der Waals surface area contributed by atoms with Crippen LogP contribution in [0.25, 0.3) is 0 Å². The zero-order valence-corrected chi connectivity index (χ0v) is 22.4. The Labute approximate surface area is 235 Å². The Balaban J connectivity index is 1.42. The maximum absolute atomic E-state index is 13.8. The lowest BCUT2D eigenvalue weighted by atomic mass is 9.83. The molecular weight excluding hydrogens is 561 g/mol.